The molecule has 0 aromatic carbocycles. The number of hydrogen-bond acceptors (Lipinski definition) is 3. The molecular weight excluding hydrogens is 216 g/mol. The summed E-state index contributed by atoms with van der Waals surface area (Å²) in [6.07, 6.45) is 4.11. The van der Waals surface area contributed by atoms with Gasteiger partial charge in [0.25, 0.3) is 0 Å². The van der Waals surface area contributed by atoms with E-state index in [1.54, 1.807) is 0 Å². The third-order valence-corrected chi connectivity index (χ3v) is 4.32. The number of carbonyl (C=O) groups excluding carboxylic acids is 1. The summed E-state index contributed by atoms with van der Waals surface area (Å²) in [5.41, 5.74) is -0.194. The molecule has 2 heterocycles. The van der Waals surface area contributed by atoms with Crippen molar-refractivity contribution in [3.8, 4) is 0 Å². The Morgan fingerprint density at radius 2 is 2.41 bits per heavy atom. The normalized spacial score (nSPS) is 38.0. The summed E-state index contributed by atoms with van der Waals surface area (Å²) in [5, 5.41) is 6.54. The van der Waals surface area contributed by atoms with E-state index < -0.39 is 0 Å². The summed E-state index contributed by atoms with van der Waals surface area (Å²) in [5.74, 6) is 0.217. The third kappa shape index (κ3) is 2.63. The molecule has 0 aliphatic carbocycles. The molecule has 2 aliphatic rings. The minimum absolute atomic E-state index is 0.157. The zero-order valence-corrected chi connectivity index (χ0v) is 10.9. The zero-order valence-electron chi connectivity index (χ0n) is 10.9. The van der Waals surface area contributed by atoms with Gasteiger partial charge in [0, 0.05) is 13.2 Å². The van der Waals surface area contributed by atoms with Gasteiger partial charge in [-0.05, 0) is 39.2 Å². The lowest BCUT2D eigenvalue weighted by Gasteiger charge is -2.36. The van der Waals surface area contributed by atoms with Crippen molar-refractivity contribution in [2.24, 2.45) is 5.41 Å². The van der Waals surface area contributed by atoms with Crippen LogP contribution in [0.5, 0.6) is 0 Å². The van der Waals surface area contributed by atoms with E-state index in [-0.39, 0.29) is 23.5 Å². The second kappa shape index (κ2) is 5.36. The van der Waals surface area contributed by atoms with Crippen LogP contribution in [-0.4, -0.2) is 37.7 Å². The largest absolute Gasteiger partial charge is 0.376 e. The van der Waals surface area contributed by atoms with Crippen LogP contribution in [0.15, 0.2) is 0 Å². The molecule has 0 aromatic rings. The van der Waals surface area contributed by atoms with Crippen LogP contribution in [0.3, 0.4) is 0 Å². The van der Waals surface area contributed by atoms with E-state index in [0.29, 0.717) is 0 Å². The molecule has 4 nitrogen and oxygen atoms in total. The highest BCUT2D eigenvalue weighted by Gasteiger charge is 2.39. The molecule has 1 amide bonds. The van der Waals surface area contributed by atoms with E-state index in [1.165, 1.54) is 0 Å². The number of piperidine rings is 1. The zero-order chi connectivity index (χ0) is 12.3. The second-order valence-electron chi connectivity index (χ2n) is 5.36. The van der Waals surface area contributed by atoms with Gasteiger partial charge in [-0.25, -0.2) is 0 Å². The van der Waals surface area contributed by atoms with Gasteiger partial charge >= 0.3 is 0 Å². The standard InChI is InChI=1S/C13H24N2O2/c1-3-13(6-4-7-14-9-13)12(16)15-11-5-8-17-10(11)2/h10-11,14H,3-9H2,1-2H3,(H,15,16). The predicted octanol–water partition coefficient (Wildman–Crippen LogP) is 1.06. The van der Waals surface area contributed by atoms with Crippen LogP contribution in [0, 0.1) is 5.41 Å². The minimum atomic E-state index is -0.194. The van der Waals surface area contributed by atoms with Crippen LogP contribution >= 0.6 is 0 Å². The van der Waals surface area contributed by atoms with E-state index in [0.717, 1.165) is 45.4 Å². The Labute approximate surface area is 103 Å². The van der Waals surface area contributed by atoms with Gasteiger partial charge < -0.3 is 15.4 Å². The molecule has 2 saturated heterocycles. The quantitative estimate of drug-likeness (QED) is 0.775. The molecule has 98 valence electrons. The molecule has 0 bridgehead atoms. The van der Waals surface area contributed by atoms with Crippen molar-refractivity contribution >= 4 is 5.91 Å². The average molecular weight is 240 g/mol. The molecule has 17 heavy (non-hydrogen) atoms. The summed E-state index contributed by atoms with van der Waals surface area (Å²) < 4.78 is 5.49. The number of nitrogens with one attached hydrogen (secondary N) is 2. The Kier molecular flexibility index (Phi) is 4.05. The number of rotatable bonds is 3. The van der Waals surface area contributed by atoms with E-state index in [1.807, 2.05) is 6.92 Å². The van der Waals surface area contributed by atoms with Crippen LogP contribution in [0.2, 0.25) is 0 Å². The smallest absolute Gasteiger partial charge is 0.227 e. The van der Waals surface area contributed by atoms with Crippen molar-refractivity contribution in [2.45, 2.75) is 51.7 Å². The van der Waals surface area contributed by atoms with Crippen molar-refractivity contribution in [3.05, 3.63) is 0 Å². The molecule has 0 spiro atoms. The first-order chi connectivity index (χ1) is 8.18. The summed E-state index contributed by atoms with van der Waals surface area (Å²) >= 11 is 0. The van der Waals surface area contributed by atoms with Crippen LogP contribution < -0.4 is 10.6 Å². The molecular formula is C13H24N2O2. The summed E-state index contributed by atoms with van der Waals surface area (Å²) in [7, 11) is 0. The molecule has 0 radical (unpaired) electrons. The third-order valence-electron chi connectivity index (χ3n) is 4.32. The first-order valence-corrected chi connectivity index (χ1v) is 6.81. The van der Waals surface area contributed by atoms with Gasteiger partial charge in [0.1, 0.15) is 0 Å². The highest BCUT2D eigenvalue weighted by molar-refractivity contribution is 5.83. The van der Waals surface area contributed by atoms with E-state index in [9.17, 15) is 4.79 Å². The van der Waals surface area contributed by atoms with E-state index in [2.05, 4.69) is 17.6 Å². The number of amides is 1. The Morgan fingerprint density at radius 3 is 2.94 bits per heavy atom. The summed E-state index contributed by atoms with van der Waals surface area (Å²) in [4.78, 5) is 12.4. The molecule has 4 heteroatoms. The molecule has 3 unspecified atom stereocenters. The maximum absolute atomic E-state index is 12.4. The minimum Gasteiger partial charge on any atom is -0.376 e. The van der Waals surface area contributed by atoms with Gasteiger partial charge in [-0.2, -0.15) is 0 Å². The van der Waals surface area contributed by atoms with Crippen LogP contribution in [0.25, 0.3) is 0 Å². The fraction of sp³-hybridized carbons (Fsp3) is 0.923. The van der Waals surface area contributed by atoms with Crippen molar-refractivity contribution in [1.29, 1.82) is 0 Å². The lowest BCUT2D eigenvalue weighted by atomic mass is 9.77. The Bertz CT molecular complexity index is 275. The molecule has 0 saturated carbocycles. The highest BCUT2D eigenvalue weighted by atomic mass is 16.5. The van der Waals surface area contributed by atoms with Gasteiger partial charge in [-0.3, -0.25) is 4.79 Å². The van der Waals surface area contributed by atoms with Crippen molar-refractivity contribution < 1.29 is 9.53 Å². The maximum Gasteiger partial charge on any atom is 0.227 e. The first kappa shape index (κ1) is 12.8. The molecule has 2 fully saturated rings. The predicted molar refractivity (Wildman–Crippen MR) is 66.8 cm³/mol. The van der Waals surface area contributed by atoms with Crippen LogP contribution in [-0.2, 0) is 9.53 Å². The highest BCUT2D eigenvalue weighted by Crippen LogP contribution is 2.30. The summed E-state index contributed by atoms with van der Waals surface area (Å²) in [6, 6.07) is 0.202. The topological polar surface area (TPSA) is 50.4 Å². The van der Waals surface area contributed by atoms with Crippen molar-refractivity contribution in [1.82, 2.24) is 10.6 Å². The number of ether oxygens (including phenoxy) is 1. The fourth-order valence-electron chi connectivity index (χ4n) is 2.87. The number of carbonyl (C=O) groups is 1. The molecule has 2 aliphatic heterocycles. The van der Waals surface area contributed by atoms with Crippen LogP contribution in [0.4, 0.5) is 0 Å². The van der Waals surface area contributed by atoms with Crippen molar-refractivity contribution in [2.75, 3.05) is 19.7 Å². The molecule has 0 aromatic heterocycles. The van der Waals surface area contributed by atoms with Gasteiger partial charge in [0.05, 0.1) is 17.6 Å². The van der Waals surface area contributed by atoms with Gasteiger partial charge in [-0.15, -0.1) is 0 Å². The van der Waals surface area contributed by atoms with Gasteiger partial charge in [0.2, 0.25) is 5.91 Å². The second-order valence-corrected chi connectivity index (χ2v) is 5.36. The van der Waals surface area contributed by atoms with Gasteiger partial charge in [0.15, 0.2) is 0 Å². The van der Waals surface area contributed by atoms with Crippen LogP contribution in [0.1, 0.15) is 39.5 Å². The average Bonchev–Trinajstić information content (AvgIpc) is 2.76. The van der Waals surface area contributed by atoms with Crippen molar-refractivity contribution in [3.63, 3.8) is 0 Å². The Morgan fingerprint density at radius 1 is 1.59 bits per heavy atom. The molecule has 2 rings (SSSR count). The lowest BCUT2D eigenvalue weighted by Crippen LogP contribution is -2.53. The van der Waals surface area contributed by atoms with E-state index >= 15 is 0 Å². The lowest BCUT2D eigenvalue weighted by molar-refractivity contribution is -0.133. The van der Waals surface area contributed by atoms with Gasteiger partial charge in [-0.1, -0.05) is 6.92 Å². The monoisotopic (exact) mass is 240 g/mol. The summed E-state index contributed by atoms with van der Waals surface area (Å²) in [6.45, 7) is 6.77. The molecule has 3 atom stereocenters. The maximum atomic E-state index is 12.4. The number of hydrogen-bond donors (Lipinski definition) is 2. The molecule has 2 N–H and O–H groups in total. The Hall–Kier alpha value is -0.610. The fourth-order valence-corrected chi connectivity index (χ4v) is 2.87. The first-order valence-electron chi connectivity index (χ1n) is 6.81. The Balaban J connectivity index is 1.97. The SMILES string of the molecule is CCC1(C(=O)NC2CCOC2C)CCCNC1. The van der Waals surface area contributed by atoms with E-state index in [4.69, 9.17) is 4.74 Å².